The minimum absolute atomic E-state index is 0.824. The molecule has 2 aromatic rings. The Hall–Kier alpha value is -2.01. The van der Waals surface area contributed by atoms with Gasteiger partial charge in [-0.15, -0.1) is 0 Å². The molecule has 0 unspecified atom stereocenters. The van der Waals surface area contributed by atoms with Crippen molar-refractivity contribution in [2.45, 2.75) is 0 Å². The van der Waals surface area contributed by atoms with Crippen molar-refractivity contribution >= 4 is 5.69 Å². The first-order valence-electron chi connectivity index (χ1n) is 6.43. The summed E-state index contributed by atoms with van der Waals surface area (Å²) in [5.41, 5.74) is 2.08. The van der Waals surface area contributed by atoms with E-state index in [2.05, 4.69) is 15.4 Å². The van der Waals surface area contributed by atoms with Crippen LogP contribution >= 0.6 is 0 Å². The molecule has 0 amide bonds. The van der Waals surface area contributed by atoms with E-state index in [0.29, 0.717) is 0 Å². The molecule has 1 fully saturated rings. The molecule has 1 saturated heterocycles. The molecular weight excluding hydrogens is 242 g/mol. The summed E-state index contributed by atoms with van der Waals surface area (Å²) in [5.74, 6) is 1.66. The molecule has 0 atom stereocenters. The predicted molar refractivity (Wildman–Crippen MR) is 73.6 cm³/mol. The van der Waals surface area contributed by atoms with Crippen LogP contribution in [0.2, 0.25) is 0 Å². The standard InChI is InChI=1S/C14H17N3O2/c1-18-12-4-2-11(3-5-12)14-13(10-16-19-14)17-8-6-15-7-9-17/h2-5,10,15H,6-9H2,1H3. The number of rotatable bonds is 3. The van der Waals surface area contributed by atoms with Crippen molar-refractivity contribution in [1.29, 1.82) is 0 Å². The van der Waals surface area contributed by atoms with Crippen molar-refractivity contribution in [2.24, 2.45) is 0 Å². The fourth-order valence-corrected chi connectivity index (χ4v) is 2.31. The van der Waals surface area contributed by atoms with Gasteiger partial charge in [-0.25, -0.2) is 0 Å². The molecule has 19 heavy (non-hydrogen) atoms. The maximum absolute atomic E-state index is 5.42. The van der Waals surface area contributed by atoms with Gasteiger partial charge in [0, 0.05) is 31.7 Å². The summed E-state index contributed by atoms with van der Waals surface area (Å²) < 4.78 is 10.6. The molecule has 0 saturated carbocycles. The molecule has 2 heterocycles. The summed E-state index contributed by atoms with van der Waals surface area (Å²) in [6, 6.07) is 7.84. The minimum atomic E-state index is 0.824. The number of hydrogen-bond donors (Lipinski definition) is 1. The van der Waals surface area contributed by atoms with Crippen LogP contribution in [0.1, 0.15) is 0 Å². The van der Waals surface area contributed by atoms with E-state index in [4.69, 9.17) is 9.26 Å². The zero-order chi connectivity index (χ0) is 13.1. The van der Waals surface area contributed by atoms with E-state index in [-0.39, 0.29) is 0 Å². The highest BCUT2D eigenvalue weighted by molar-refractivity contribution is 5.73. The van der Waals surface area contributed by atoms with Gasteiger partial charge in [-0.2, -0.15) is 0 Å². The zero-order valence-corrected chi connectivity index (χ0v) is 10.9. The van der Waals surface area contributed by atoms with Crippen LogP contribution < -0.4 is 15.0 Å². The Morgan fingerprint density at radius 2 is 1.95 bits per heavy atom. The molecule has 0 bridgehead atoms. The van der Waals surface area contributed by atoms with Gasteiger partial charge in [0.15, 0.2) is 5.76 Å². The molecule has 1 aliphatic heterocycles. The van der Waals surface area contributed by atoms with Gasteiger partial charge in [-0.3, -0.25) is 0 Å². The van der Waals surface area contributed by atoms with E-state index < -0.39 is 0 Å². The maximum Gasteiger partial charge on any atom is 0.190 e. The van der Waals surface area contributed by atoms with Crippen LogP contribution in [0, 0.1) is 0 Å². The Balaban J connectivity index is 1.89. The molecule has 0 spiro atoms. The lowest BCUT2D eigenvalue weighted by molar-refractivity contribution is 0.414. The normalized spacial score (nSPS) is 15.5. The molecular formula is C14H17N3O2. The second-order valence-corrected chi connectivity index (χ2v) is 4.51. The first-order chi connectivity index (χ1) is 9.38. The predicted octanol–water partition coefficient (Wildman–Crippen LogP) is 1.76. The number of piperazine rings is 1. The van der Waals surface area contributed by atoms with E-state index >= 15 is 0 Å². The molecule has 100 valence electrons. The fourth-order valence-electron chi connectivity index (χ4n) is 2.31. The molecule has 5 nitrogen and oxygen atoms in total. The quantitative estimate of drug-likeness (QED) is 0.910. The SMILES string of the molecule is COc1ccc(-c2oncc2N2CCNCC2)cc1. The Labute approximate surface area is 112 Å². The van der Waals surface area contributed by atoms with Gasteiger partial charge in [0.2, 0.25) is 0 Å². The van der Waals surface area contributed by atoms with E-state index in [1.54, 1.807) is 13.3 Å². The first kappa shape index (κ1) is 12.0. The first-order valence-corrected chi connectivity index (χ1v) is 6.43. The van der Waals surface area contributed by atoms with Gasteiger partial charge < -0.3 is 19.5 Å². The van der Waals surface area contributed by atoms with Crippen molar-refractivity contribution in [1.82, 2.24) is 10.5 Å². The van der Waals surface area contributed by atoms with Crippen molar-refractivity contribution < 1.29 is 9.26 Å². The van der Waals surface area contributed by atoms with Gasteiger partial charge in [-0.1, -0.05) is 5.16 Å². The van der Waals surface area contributed by atoms with E-state index in [9.17, 15) is 0 Å². The molecule has 5 heteroatoms. The summed E-state index contributed by atoms with van der Waals surface area (Å²) >= 11 is 0. The summed E-state index contributed by atoms with van der Waals surface area (Å²) in [5, 5.41) is 7.29. The number of nitrogens with one attached hydrogen (secondary N) is 1. The third-order valence-electron chi connectivity index (χ3n) is 3.36. The second-order valence-electron chi connectivity index (χ2n) is 4.51. The summed E-state index contributed by atoms with van der Waals surface area (Å²) in [4.78, 5) is 2.30. The highest BCUT2D eigenvalue weighted by Crippen LogP contribution is 2.31. The minimum Gasteiger partial charge on any atom is -0.497 e. The van der Waals surface area contributed by atoms with Crippen molar-refractivity contribution in [3.05, 3.63) is 30.5 Å². The monoisotopic (exact) mass is 259 g/mol. The Morgan fingerprint density at radius 1 is 1.21 bits per heavy atom. The number of benzene rings is 1. The van der Waals surface area contributed by atoms with E-state index in [0.717, 1.165) is 48.9 Å². The number of nitrogens with zero attached hydrogens (tertiary/aromatic N) is 2. The van der Waals surface area contributed by atoms with Crippen molar-refractivity contribution in [2.75, 3.05) is 38.2 Å². The smallest absolute Gasteiger partial charge is 0.190 e. The Kier molecular flexibility index (Phi) is 3.37. The molecule has 0 radical (unpaired) electrons. The lowest BCUT2D eigenvalue weighted by Gasteiger charge is -2.28. The number of ether oxygens (including phenoxy) is 1. The van der Waals surface area contributed by atoms with Gasteiger partial charge in [0.1, 0.15) is 11.4 Å². The average Bonchev–Trinajstić information content (AvgIpc) is 2.98. The summed E-state index contributed by atoms with van der Waals surface area (Å²) in [6.07, 6.45) is 1.80. The summed E-state index contributed by atoms with van der Waals surface area (Å²) in [7, 11) is 1.66. The van der Waals surface area contributed by atoms with E-state index in [1.807, 2.05) is 24.3 Å². The van der Waals surface area contributed by atoms with Crippen LogP contribution in [0.3, 0.4) is 0 Å². The van der Waals surface area contributed by atoms with Crippen molar-refractivity contribution in [3.63, 3.8) is 0 Å². The number of anilines is 1. The maximum atomic E-state index is 5.42. The van der Waals surface area contributed by atoms with Crippen LogP contribution in [0.25, 0.3) is 11.3 Å². The van der Waals surface area contributed by atoms with Gasteiger partial charge in [0.05, 0.1) is 13.3 Å². The Bertz CT molecular complexity index is 530. The lowest BCUT2D eigenvalue weighted by atomic mass is 10.1. The number of methoxy groups -OCH3 is 1. The number of hydrogen-bond acceptors (Lipinski definition) is 5. The molecule has 3 rings (SSSR count). The fraction of sp³-hybridized carbons (Fsp3) is 0.357. The molecule has 0 aliphatic carbocycles. The molecule has 1 aliphatic rings. The van der Waals surface area contributed by atoms with Crippen LogP contribution in [-0.2, 0) is 0 Å². The average molecular weight is 259 g/mol. The van der Waals surface area contributed by atoms with Crippen LogP contribution in [0.15, 0.2) is 35.0 Å². The topological polar surface area (TPSA) is 50.5 Å². The van der Waals surface area contributed by atoms with Gasteiger partial charge >= 0.3 is 0 Å². The van der Waals surface area contributed by atoms with Gasteiger partial charge in [0.25, 0.3) is 0 Å². The lowest BCUT2D eigenvalue weighted by Crippen LogP contribution is -2.43. The molecule has 1 aromatic heterocycles. The third-order valence-corrected chi connectivity index (χ3v) is 3.36. The highest BCUT2D eigenvalue weighted by Gasteiger charge is 2.18. The molecule has 1 N–H and O–H groups in total. The van der Waals surface area contributed by atoms with Crippen LogP contribution in [-0.4, -0.2) is 38.4 Å². The third kappa shape index (κ3) is 2.42. The van der Waals surface area contributed by atoms with Crippen LogP contribution in [0.5, 0.6) is 5.75 Å². The zero-order valence-electron chi connectivity index (χ0n) is 10.9. The molecule has 1 aromatic carbocycles. The van der Waals surface area contributed by atoms with Gasteiger partial charge in [-0.05, 0) is 24.3 Å². The van der Waals surface area contributed by atoms with Crippen LogP contribution in [0.4, 0.5) is 5.69 Å². The van der Waals surface area contributed by atoms with Crippen molar-refractivity contribution in [3.8, 4) is 17.1 Å². The highest BCUT2D eigenvalue weighted by atomic mass is 16.5. The number of aromatic nitrogens is 1. The van der Waals surface area contributed by atoms with E-state index in [1.165, 1.54) is 0 Å². The summed E-state index contributed by atoms with van der Waals surface area (Å²) in [6.45, 7) is 3.94. The second kappa shape index (κ2) is 5.32. The largest absolute Gasteiger partial charge is 0.497 e. The Morgan fingerprint density at radius 3 is 2.63 bits per heavy atom.